The second kappa shape index (κ2) is 5.39. The Morgan fingerprint density at radius 3 is 2.74 bits per heavy atom. The molecule has 2 N–H and O–H groups in total. The van der Waals surface area contributed by atoms with Gasteiger partial charge in [0, 0.05) is 20.3 Å². The number of aromatic carboxylic acids is 1. The molecule has 0 aliphatic heterocycles. The number of aryl methyl sites for hydroxylation is 1. The SMILES string of the molecule is Cn1c(=O)c2[nH]c(Sc3ncccc3C(=O)O)nc2n(C)c1=O. The van der Waals surface area contributed by atoms with Gasteiger partial charge in [0.1, 0.15) is 5.03 Å². The summed E-state index contributed by atoms with van der Waals surface area (Å²) in [4.78, 5) is 46.2. The van der Waals surface area contributed by atoms with Crippen LogP contribution in [0.5, 0.6) is 0 Å². The summed E-state index contributed by atoms with van der Waals surface area (Å²) >= 11 is 0.975. The molecule has 0 saturated heterocycles. The predicted octanol–water partition coefficient (Wildman–Crippen LogP) is 0.205. The topological polar surface area (TPSA) is 123 Å². The molecule has 9 nitrogen and oxygen atoms in total. The van der Waals surface area contributed by atoms with Gasteiger partial charge in [0.15, 0.2) is 16.3 Å². The fourth-order valence-corrected chi connectivity index (χ4v) is 2.93. The van der Waals surface area contributed by atoms with Crippen molar-refractivity contribution in [2.24, 2.45) is 14.1 Å². The third kappa shape index (κ3) is 2.42. The molecule has 23 heavy (non-hydrogen) atoms. The highest BCUT2D eigenvalue weighted by Crippen LogP contribution is 2.27. The van der Waals surface area contributed by atoms with Crippen LogP contribution in [-0.4, -0.2) is 35.2 Å². The van der Waals surface area contributed by atoms with E-state index >= 15 is 0 Å². The molecule has 118 valence electrons. The maximum absolute atomic E-state index is 12.1. The lowest BCUT2D eigenvalue weighted by Crippen LogP contribution is -2.36. The molecular formula is C13H11N5O4S. The number of nitrogens with one attached hydrogen (secondary N) is 1. The first-order valence-corrected chi connectivity index (χ1v) is 7.23. The van der Waals surface area contributed by atoms with Crippen molar-refractivity contribution in [1.82, 2.24) is 24.1 Å². The van der Waals surface area contributed by atoms with Crippen LogP contribution in [0, 0.1) is 0 Å². The van der Waals surface area contributed by atoms with Crippen molar-refractivity contribution in [3.8, 4) is 0 Å². The quantitative estimate of drug-likeness (QED) is 0.702. The first-order chi connectivity index (χ1) is 10.9. The van der Waals surface area contributed by atoms with E-state index < -0.39 is 17.2 Å². The minimum atomic E-state index is -1.11. The number of hydrogen-bond donors (Lipinski definition) is 2. The van der Waals surface area contributed by atoms with E-state index in [2.05, 4.69) is 15.0 Å². The van der Waals surface area contributed by atoms with E-state index in [1.807, 2.05) is 0 Å². The third-order valence-electron chi connectivity index (χ3n) is 3.27. The van der Waals surface area contributed by atoms with Gasteiger partial charge in [-0.25, -0.2) is 19.6 Å². The van der Waals surface area contributed by atoms with E-state index in [0.717, 1.165) is 16.3 Å². The molecule has 0 atom stereocenters. The van der Waals surface area contributed by atoms with Gasteiger partial charge in [0.2, 0.25) is 0 Å². The molecule has 10 heteroatoms. The van der Waals surface area contributed by atoms with Crippen molar-refractivity contribution >= 4 is 28.9 Å². The summed E-state index contributed by atoms with van der Waals surface area (Å²) in [5.74, 6) is -1.11. The van der Waals surface area contributed by atoms with Crippen LogP contribution in [0.2, 0.25) is 0 Å². The van der Waals surface area contributed by atoms with Gasteiger partial charge in [-0.1, -0.05) is 0 Å². The van der Waals surface area contributed by atoms with E-state index in [9.17, 15) is 14.4 Å². The monoisotopic (exact) mass is 333 g/mol. The van der Waals surface area contributed by atoms with Gasteiger partial charge in [-0.15, -0.1) is 0 Å². The molecule has 0 unspecified atom stereocenters. The van der Waals surface area contributed by atoms with E-state index in [1.54, 1.807) is 0 Å². The molecule has 3 aromatic heterocycles. The minimum absolute atomic E-state index is 0.0275. The molecule has 3 rings (SSSR count). The molecule has 0 aromatic carbocycles. The lowest BCUT2D eigenvalue weighted by molar-refractivity contribution is 0.0692. The fraction of sp³-hybridized carbons (Fsp3) is 0.154. The summed E-state index contributed by atoms with van der Waals surface area (Å²) in [7, 11) is 2.88. The molecule has 0 aliphatic rings. The average molecular weight is 333 g/mol. The number of pyridine rings is 1. The van der Waals surface area contributed by atoms with E-state index in [1.165, 1.54) is 37.0 Å². The van der Waals surface area contributed by atoms with Crippen molar-refractivity contribution in [2.45, 2.75) is 10.2 Å². The number of hydrogen-bond acceptors (Lipinski definition) is 6. The Morgan fingerprint density at radius 2 is 2.04 bits per heavy atom. The maximum atomic E-state index is 12.1. The largest absolute Gasteiger partial charge is 0.478 e. The second-order valence-electron chi connectivity index (χ2n) is 4.71. The van der Waals surface area contributed by atoms with E-state index in [0.29, 0.717) is 0 Å². The molecule has 0 fully saturated rings. The van der Waals surface area contributed by atoms with Crippen molar-refractivity contribution in [1.29, 1.82) is 0 Å². The number of rotatable bonds is 3. The highest BCUT2D eigenvalue weighted by Gasteiger charge is 2.17. The zero-order chi connectivity index (χ0) is 16.7. The average Bonchev–Trinajstić information content (AvgIpc) is 2.95. The van der Waals surface area contributed by atoms with Gasteiger partial charge in [0.05, 0.1) is 5.56 Å². The number of carboxylic acid groups (broad SMARTS) is 1. The number of aromatic nitrogens is 5. The Bertz CT molecular complexity index is 1050. The van der Waals surface area contributed by atoms with Crippen molar-refractivity contribution in [3.63, 3.8) is 0 Å². The Hall–Kier alpha value is -2.88. The smallest absolute Gasteiger partial charge is 0.338 e. The lowest BCUT2D eigenvalue weighted by Gasteiger charge is -2.01. The van der Waals surface area contributed by atoms with Crippen molar-refractivity contribution in [2.75, 3.05) is 0 Å². The van der Waals surface area contributed by atoms with E-state index in [4.69, 9.17) is 5.11 Å². The minimum Gasteiger partial charge on any atom is -0.478 e. The van der Waals surface area contributed by atoms with Crippen LogP contribution in [0.4, 0.5) is 0 Å². The van der Waals surface area contributed by atoms with Gasteiger partial charge >= 0.3 is 11.7 Å². The van der Waals surface area contributed by atoms with Crippen LogP contribution in [-0.2, 0) is 14.1 Å². The molecule has 3 aromatic rings. The van der Waals surface area contributed by atoms with Gasteiger partial charge in [-0.2, -0.15) is 0 Å². The third-order valence-corrected chi connectivity index (χ3v) is 4.17. The number of carboxylic acids is 1. The number of imidazole rings is 1. The molecular weight excluding hydrogens is 322 g/mol. The molecule has 0 bridgehead atoms. The van der Waals surface area contributed by atoms with E-state index in [-0.39, 0.29) is 26.9 Å². The zero-order valence-corrected chi connectivity index (χ0v) is 12.9. The summed E-state index contributed by atoms with van der Waals surface area (Å²) < 4.78 is 2.21. The Labute approximate surface area is 132 Å². The molecule has 0 saturated carbocycles. The molecule has 0 spiro atoms. The lowest BCUT2D eigenvalue weighted by atomic mass is 10.3. The van der Waals surface area contributed by atoms with Gasteiger partial charge in [-0.05, 0) is 23.9 Å². The number of fused-ring (bicyclic) bond motifs is 1. The van der Waals surface area contributed by atoms with Crippen LogP contribution in [0.1, 0.15) is 10.4 Å². The molecule has 0 aliphatic carbocycles. The highest BCUT2D eigenvalue weighted by molar-refractivity contribution is 7.99. The summed E-state index contributed by atoms with van der Waals surface area (Å²) in [6.45, 7) is 0. The number of carbonyl (C=O) groups is 1. The summed E-state index contributed by atoms with van der Waals surface area (Å²) in [6, 6.07) is 2.95. The second-order valence-corrected chi connectivity index (χ2v) is 5.69. The van der Waals surface area contributed by atoms with Crippen LogP contribution in [0.3, 0.4) is 0 Å². The first-order valence-electron chi connectivity index (χ1n) is 6.42. The normalized spacial score (nSPS) is 11.0. The van der Waals surface area contributed by atoms with Gasteiger partial charge < -0.3 is 10.1 Å². The van der Waals surface area contributed by atoms with Crippen LogP contribution >= 0.6 is 11.8 Å². The summed E-state index contributed by atoms with van der Waals surface area (Å²) in [5.41, 5.74) is -0.588. The fourth-order valence-electron chi connectivity index (χ4n) is 2.08. The molecule has 0 radical (unpaired) electrons. The van der Waals surface area contributed by atoms with Gasteiger partial charge in [-0.3, -0.25) is 13.9 Å². The van der Waals surface area contributed by atoms with Crippen LogP contribution in [0.25, 0.3) is 11.2 Å². The standard InChI is InChI=1S/C13H11N5O4S/c1-17-8-7(10(19)18(2)13(17)22)15-12(16-8)23-9-6(11(20)21)4-3-5-14-9/h3-5H,1-2H3,(H,15,16)(H,20,21). The number of aromatic amines is 1. The Kier molecular flexibility index (Phi) is 3.52. The maximum Gasteiger partial charge on any atom is 0.338 e. The molecule has 0 amide bonds. The van der Waals surface area contributed by atoms with Crippen LogP contribution < -0.4 is 11.2 Å². The van der Waals surface area contributed by atoms with Gasteiger partial charge in [0.25, 0.3) is 5.56 Å². The number of nitrogens with zero attached hydrogens (tertiary/aromatic N) is 4. The Morgan fingerprint density at radius 1 is 1.30 bits per heavy atom. The summed E-state index contributed by atoms with van der Waals surface area (Å²) in [5, 5.41) is 9.68. The Balaban J connectivity index is 2.15. The highest BCUT2D eigenvalue weighted by atomic mass is 32.2. The van der Waals surface area contributed by atoms with Crippen molar-refractivity contribution < 1.29 is 9.90 Å². The first kappa shape index (κ1) is 15.0. The zero-order valence-electron chi connectivity index (χ0n) is 12.1. The summed E-state index contributed by atoms with van der Waals surface area (Å²) in [6.07, 6.45) is 1.46. The molecule has 3 heterocycles. The van der Waals surface area contributed by atoms with Crippen LogP contribution in [0.15, 0.2) is 38.1 Å². The predicted molar refractivity (Wildman–Crippen MR) is 81.9 cm³/mol. The van der Waals surface area contributed by atoms with Crippen molar-refractivity contribution in [3.05, 3.63) is 44.7 Å². The number of H-pyrrole nitrogens is 1.